The lowest BCUT2D eigenvalue weighted by atomic mass is 9.94. The molecule has 0 aliphatic heterocycles. The number of nitrogens with zero attached hydrogens (tertiary/aromatic N) is 2. The molecule has 0 unspecified atom stereocenters. The quantitative estimate of drug-likeness (QED) is 0.303. The van der Waals surface area contributed by atoms with Gasteiger partial charge in [0, 0.05) is 40.7 Å². The molecule has 5 rings (SSSR count). The summed E-state index contributed by atoms with van der Waals surface area (Å²) in [5.74, 6) is 0. The number of benzene rings is 3. The van der Waals surface area contributed by atoms with Crippen molar-refractivity contribution in [3.63, 3.8) is 0 Å². The summed E-state index contributed by atoms with van der Waals surface area (Å²) < 4.78 is 0. The molecular formula is C29H25N5. The highest BCUT2D eigenvalue weighted by Gasteiger charge is 2.15. The van der Waals surface area contributed by atoms with E-state index in [9.17, 15) is 0 Å². The standard InChI is InChI=1S/C24H19N3.C5H6N2/c25-23-13-7-12-22(24(23)26)18-14-16-21(17-15-18)27(19-8-3-1-4-9-19)20-10-5-2-6-11-20;6-5-1-3-7-4-2-5/h1-17,25-26H;1-4H,(H2,6,7). The van der Waals surface area contributed by atoms with Gasteiger partial charge in [0.1, 0.15) is 0 Å². The number of nitrogens with one attached hydrogen (secondary N) is 2. The molecule has 1 aliphatic carbocycles. The van der Waals surface area contributed by atoms with Crippen molar-refractivity contribution < 1.29 is 0 Å². The van der Waals surface area contributed by atoms with E-state index in [0.717, 1.165) is 33.9 Å². The minimum Gasteiger partial charge on any atom is -0.399 e. The first-order valence-corrected chi connectivity index (χ1v) is 10.9. The second kappa shape index (κ2) is 10.7. The molecular weight excluding hydrogens is 418 g/mol. The van der Waals surface area contributed by atoms with E-state index < -0.39 is 0 Å². The largest absolute Gasteiger partial charge is 0.399 e. The smallest absolute Gasteiger partial charge is 0.0867 e. The minimum atomic E-state index is 0.242. The molecule has 0 saturated heterocycles. The molecule has 0 atom stereocenters. The molecule has 0 saturated carbocycles. The average molecular weight is 444 g/mol. The van der Waals surface area contributed by atoms with Crippen LogP contribution < -0.4 is 10.6 Å². The molecule has 1 aromatic heterocycles. The fourth-order valence-electron chi connectivity index (χ4n) is 3.55. The number of nitrogen functional groups attached to an aromatic ring is 1. The van der Waals surface area contributed by atoms with E-state index in [1.54, 1.807) is 30.6 Å². The van der Waals surface area contributed by atoms with Crippen LogP contribution in [0.15, 0.2) is 128 Å². The summed E-state index contributed by atoms with van der Waals surface area (Å²) >= 11 is 0. The maximum atomic E-state index is 8.14. The molecule has 0 radical (unpaired) electrons. The van der Waals surface area contributed by atoms with Crippen LogP contribution in [0.1, 0.15) is 5.56 Å². The topological polar surface area (TPSA) is 89.9 Å². The molecule has 0 bridgehead atoms. The maximum absolute atomic E-state index is 8.14. The van der Waals surface area contributed by atoms with E-state index >= 15 is 0 Å². The van der Waals surface area contributed by atoms with Crippen LogP contribution in [0.4, 0.5) is 22.7 Å². The van der Waals surface area contributed by atoms with Crippen molar-refractivity contribution in [3.05, 3.63) is 133 Å². The summed E-state index contributed by atoms with van der Waals surface area (Å²) in [6.45, 7) is 0. The third-order valence-electron chi connectivity index (χ3n) is 5.24. The van der Waals surface area contributed by atoms with Crippen molar-refractivity contribution in [2.45, 2.75) is 0 Å². The van der Waals surface area contributed by atoms with Crippen molar-refractivity contribution in [2.75, 3.05) is 10.6 Å². The zero-order chi connectivity index (χ0) is 23.8. The Balaban J connectivity index is 0.000000336. The van der Waals surface area contributed by atoms with Gasteiger partial charge in [-0.25, -0.2) is 0 Å². The molecule has 0 spiro atoms. The van der Waals surface area contributed by atoms with Crippen molar-refractivity contribution in [1.29, 1.82) is 10.8 Å². The summed E-state index contributed by atoms with van der Waals surface area (Å²) in [6, 6.07) is 32.2. The molecule has 5 nitrogen and oxygen atoms in total. The van der Waals surface area contributed by atoms with Crippen LogP contribution in [-0.4, -0.2) is 16.4 Å². The summed E-state index contributed by atoms with van der Waals surface area (Å²) in [5.41, 5.74) is 11.5. The fraction of sp³-hybridized carbons (Fsp3) is 0. The molecule has 4 N–H and O–H groups in total. The molecule has 5 heteroatoms. The number of aromatic nitrogens is 1. The van der Waals surface area contributed by atoms with Crippen LogP contribution in [0.2, 0.25) is 0 Å². The Morgan fingerprint density at radius 3 is 1.68 bits per heavy atom. The van der Waals surface area contributed by atoms with Gasteiger partial charge < -0.3 is 10.6 Å². The highest BCUT2D eigenvalue weighted by atomic mass is 15.1. The zero-order valence-electron chi connectivity index (χ0n) is 18.6. The van der Waals surface area contributed by atoms with E-state index in [4.69, 9.17) is 16.6 Å². The van der Waals surface area contributed by atoms with Crippen molar-refractivity contribution in [2.24, 2.45) is 0 Å². The third kappa shape index (κ3) is 5.34. The van der Waals surface area contributed by atoms with Gasteiger partial charge in [-0.2, -0.15) is 0 Å². The van der Waals surface area contributed by atoms with Gasteiger partial charge in [0.2, 0.25) is 0 Å². The predicted molar refractivity (Wildman–Crippen MR) is 142 cm³/mol. The molecule has 1 heterocycles. The zero-order valence-corrected chi connectivity index (χ0v) is 18.6. The number of anilines is 4. The summed E-state index contributed by atoms with van der Waals surface area (Å²) in [5, 5.41) is 16.0. The van der Waals surface area contributed by atoms with Crippen molar-refractivity contribution in [3.8, 4) is 0 Å². The van der Waals surface area contributed by atoms with E-state index in [1.165, 1.54) is 0 Å². The van der Waals surface area contributed by atoms with E-state index in [0.29, 0.717) is 0 Å². The molecule has 4 aromatic rings. The number of hydrogen-bond donors (Lipinski definition) is 3. The Kier molecular flexibility index (Phi) is 7.06. The van der Waals surface area contributed by atoms with Crippen LogP contribution >= 0.6 is 0 Å². The average Bonchev–Trinajstić information content (AvgIpc) is 2.89. The lowest BCUT2D eigenvalue weighted by Crippen LogP contribution is -2.14. The summed E-state index contributed by atoms with van der Waals surface area (Å²) in [7, 11) is 0. The Morgan fingerprint density at radius 1 is 0.647 bits per heavy atom. The van der Waals surface area contributed by atoms with E-state index in [1.807, 2.05) is 60.7 Å². The van der Waals surface area contributed by atoms with Crippen LogP contribution in [0.25, 0.3) is 5.57 Å². The van der Waals surface area contributed by atoms with Crippen LogP contribution in [0.5, 0.6) is 0 Å². The van der Waals surface area contributed by atoms with Gasteiger partial charge in [0.25, 0.3) is 0 Å². The molecule has 34 heavy (non-hydrogen) atoms. The maximum Gasteiger partial charge on any atom is 0.0867 e. The first kappa shape index (κ1) is 22.4. The molecule has 3 aromatic carbocycles. The number of pyridine rings is 1. The van der Waals surface area contributed by atoms with Crippen LogP contribution in [-0.2, 0) is 0 Å². The fourth-order valence-corrected chi connectivity index (χ4v) is 3.55. The second-order valence-electron chi connectivity index (χ2n) is 7.56. The monoisotopic (exact) mass is 443 g/mol. The van der Waals surface area contributed by atoms with Gasteiger partial charge in [0.05, 0.1) is 11.4 Å². The molecule has 166 valence electrons. The summed E-state index contributed by atoms with van der Waals surface area (Å²) in [6.07, 6.45) is 8.68. The molecule has 0 fully saturated rings. The van der Waals surface area contributed by atoms with Crippen molar-refractivity contribution >= 4 is 39.7 Å². The minimum absolute atomic E-state index is 0.242. The third-order valence-corrected chi connectivity index (χ3v) is 5.24. The van der Waals surface area contributed by atoms with Crippen LogP contribution in [0, 0.1) is 10.8 Å². The first-order chi connectivity index (χ1) is 16.6. The van der Waals surface area contributed by atoms with Gasteiger partial charge in [-0.15, -0.1) is 0 Å². The Labute approximate surface area is 199 Å². The van der Waals surface area contributed by atoms with Gasteiger partial charge in [-0.3, -0.25) is 15.8 Å². The number of hydrogen-bond acceptors (Lipinski definition) is 5. The highest BCUT2D eigenvalue weighted by molar-refractivity contribution is 6.59. The SMILES string of the molecule is N=C1C=CC=C(c2ccc(N(c3ccccc3)c3ccccc3)cc2)C1=N.Nc1ccncc1. The van der Waals surface area contributed by atoms with Crippen LogP contribution in [0.3, 0.4) is 0 Å². The lowest BCUT2D eigenvalue weighted by molar-refractivity contribution is 1.28. The Bertz CT molecular complexity index is 1270. The number of para-hydroxylation sites is 2. The molecule has 1 aliphatic rings. The molecule has 0 amide bonds. The normalized spacial score (nSPS) is 12.4. The number of allylic oxidation sites excluding steroid dienone is 4. The van der Waals surface area contributed by atoms with E-state index in [2.05, 4.69) is 46.3 Å². The Hall–Kier alpha value is -4.77. The predicted octanol–water partition coefficient (Wildman–Crippen LogP) is 6.81. The van der Waals surface area contributed by atoms with Crippen molar-refractivity contribution in [1.82, 2.24) is 4.98 Å². The van der Waals surface area contributed by atoms with Gasteiger partial charge in [-0.05, 0) is 60.2 Å². The lowest BCUT2D eigenvalue weighted by Gasteiger charge is -2.25. The number of rotatable bonds is 4. The number of nitrogens with two attached hydrogens (primary N) is 1. The van der Waals surface area contributed by atoms with E-state index in [-0.39, 0.29) is 11.4 Å². The first-order valence-electron chi connectivity index (χ1n) is 10.9. The van der Waals surface area contributed by atoms with Gasteiger partial charge in [-0.1, -0.05) is 60.7 Å². The summed E-state index contributed by atoms with van der Waals surface area (Å²) in [4.78, 5) is 5.97. The highest BCUT2D eigenvalue weighted by Crippen LogP contribution is 2.34. The second-order valence-corrected chi connectivity index (χ2v) is 7.56. The van der Waals surface area contributed by atoms with Gasteiger partial charge in [0.15, 0.2) is 0 Å². The van der Waals surface area contributed by atoms with Gasteiger partial charge >= 0.3 is 0 Å². The Morgan fingerprint density at radius 2 is 1.18 bits per heavy atom.